The van der Waals surface area contributed by atoms with Gasteiger partial charge in [-0.25, -0.2) is 14.5 Å². The van der Waals surface area contributed by atoms with Crippen LogP contribution in [0, 0.1) is 12.3 Å². The molecular weight excluding hydrogens is 595 g/mol. The number of oxime groups is 1. The lowest BCUT2D eigenvalue weighted by Crippen LogP contribution is -2.71. The van der Waals surface area contributed by atoms with Gasteiger partial charge in [0.1, 0.15) is 35.5 Å². The minimum atomic E-state index is -1.26. The van der Waals surface area contributed by atoms with Crippen molar-refractivity contribution in [1.29, 1.82) is 0 Å². The van der Waals surface area contributed by atoms with Crippen molar-refractivity contribution in [2.24, 2.45) is 5.16 Å². The minimum absolute atomic E-state index is 0.137. The molecule has 3 N–H and O–H groups in total. The molecule has 41 heavy (non-hydrogen) atoms. The summed E-state index contributed by atoms with van der Waals surface area (Å²) < 4.78 is 1.41. The van der Waals surface area contributed by atoms with Gasteiger partial charge < -0.3 is 20.6 Å². The third-order valence-corrected chi connectivity index (χ3v) is 9.20. The van der Waals surface area contributed by atoms with Crippen LogP contribution in [0.15, 0.2) is 39.1 Å². The molecule has 5 rings (SSSR count). The van der Waals surface area contributed by atoms with Crippen molar-refractivity contribution < 1.29 is 29.1 Å². The predicted molar refractivity (Wildman–Crippen MR) is 149 cm³/mol. The van der Waals surface area contributed by atoms with Crippen LogP contribution in [-0.4, -0.2) is 94.1 Å². The van der Waals surface area contributed by atoms with Gasteiger partial charge in [-0.05, 0) is 34.9 Å². The topological polar surface area (TPSA) is 194 Å². The Balaban J connectivity index is 1.31. The van der Waals surface area contributed by atoms with E-state index in [1.165, 1.54) is 38.5 Å². The number of rotatable bonds is 12. The van der Waals surface area contributed by atoms with Crippen LogP contribution >= 0.6 is 34.9 Å². The number of nitrogens with one attached hydrogen (secondary N) is 2. The van der Waals surface area contributed by atoms with E-state index in [9.17, 15) is 24.3 Å². The summed E-state index contributed by atoms with van der Waals surface area (Å²) in [6, 6.07) is -0.998. The summed E-state index contributed by atoms with van der Waals surface area (Å²) in [5, 5.41) is 31.9. The summed E-state index contributed by atoms with van der Waals surface area (Å²) in [6.45, 7) is 0.159. The van der Waals surface area contributed by atoms with Gasteiger partial charge in [0, 0.05) is 16.9 Å². The Morgan fingerprint density at radius 2 is 2.27 bits per heavy atom. The third-order valence-electron chi connectivity index (χ3n) is 6.04. The monoisotopic (exact) mass is 615 g/mol. The molecule has 3 amide bonds. The SMILES string of the molecule is C#CCn1nnnc1SCC1=C(C(=O)O)N2C(=O)C(NC(=O)C(=NOC3C=CCC3)c3csc(NC=O)n3)[C@H]2SC1. The smallest absolute Gasteiger partial charge is 0.352 e. The molecule has 4 heterocycles. The highest BCUT2D eigenvalue weighted by atomic mass is 32.2. The first kappa shape index (κ1) is 28.3. The van der Waals surface area contributed by atoms with Gasteiger partial charge in [0.2, 0.25) is 11.6 Å². The van der Waals surface area contributed by atoms with E-state index in [-0.39, 0.29) is 40.6 Å². The molecular formula is C23H21N9O6S3. The molecule has 2 aromatic rings. The fourth-order valence-electron chi connectivity index (χ4n) is 4.16. The fraction of sp³-hybridized carbons (Fsp3) is 0.348. The largest absolute Gasteiger partial charge is 0.477 e. The number of amides is 3. The average molecular weight is 616 g/mol. The molecule has 1 saturated heterocycles. The highest BCUT2D eigenvalue weighted by Gasteiger charge is 2.54. The number of β-lactam (4-membered cyclic amide) rings is 1. The van der Waals surface area contributed by atoms with Gasteiger partial charge in [-0.2, -0.15) is 0 Å². The zero-order chi connectivity index (χ0) is 28.9. The third kappa shape index (κ3) is 5.96. The number of anilines is 1. The lowest BCUT2D eigenvalue weighted by molar-refractivity contribution is -0.150. The first-order valence-electron chi connectivity index (χ1n) is 12.0. The van der Waals surface area contributed by atoms with Crippen LogP contribution < -0.4 is 10.6 Å². The number of terminal acetylenes is 1. The lowest BCUT2D eigenvalue weighted by atomic mass is 10.0. The molecule has 2 unspecified atom stereocenters. The quantitative estimate of drug-likeness (QED) is 0.0563. The predicted octanol–water partition coefficient (Wildman–Crippen LogP) is 0.301. The van der Waals surface area contributed by atoms with Crippen molar-refractivity contribution in [3.8, 4) is 12.3 Å². The Morgan fingerprint density at radius 1 is 1.41 bits per heavy atom. The zero-order valence-corrected chi connectivity index (χ0v) is 23.4. The highest BCUT2D eigenvalue weighted by molar-refractivity contribution is 8.01. The van der Waals surface area contributed by atoms with Crippen molar-refractivity contribution in [3.05, 3.63) is 34.5 Å². The molecule has 0 aromatic carbocycles. The number of hydrogen-bond acceptors (Lipinski definition) is 13. The second-order valence-electron chi connectivity index (χ2n) is 8.62. The lowest BCUT2D eigenvalue weighted by Gasteiger charge is -2.49. The Bertz CT molecular complexity index is 1510. The second kappa shape index (κ2) is 12.5. The van der Waals surface area contributed by atoms with E-state index in [0.717, 1.165) is 17.8 Å². The number of thioether (sulfide) groups is 2. The maximum atomic E-state index is 13.3. The maximum Gasteiger partial charge on any atom is 0.352 e. The summed E-state index contributed by atoms with van der Waals surface area (Å²) in [5.41, 5.74) is 0.344. The van der Waals surface area contributed by atoms with Crippen LogP contribution in [0.3, 0.4) is 0 Å². The van der Waals surface area contributed by atoms with Crippen molar-refractivity contribution in [2.75, 3.05) is 16.8 Å². The standard InChI is InChI=1S/C23H21N9O6S3/c1-2-7-31-23(27-29-30-31)41-9-12-8-39-20-16(19(35)32(20)17(12)21(36)37)26-18(34)15(28-38-13-5-3-4-6-13)14-10-40-22(25-14)24-11-33/h1,3,5,10-11,13,16,20H,4,6-9H2,(H,26,34)(H,36,37)(H,24,25,33)/t13?,16?,20-/m1/s1. The number of carboxylic acid groups (broad SMARTS) is 1. The molecule has 0 radical (unpaired) electrons. The van der Waals surface area contributed by atoms with Crippen molar-refractivity contribution in [1.82, 2.24) is 35.4 Å². The molecule has 2 aromatic heterocycles. The van der Waals surface area contributed by atoms with Crippen LogP contribution in [-0.2, 0) is 30.6 Å². The first-order chi connectivity index (χ1) is 19.9. The average Bonchev–Trinajstić information content (AvgIpc) is 3.74. The molecule has 0 saturated carbocycles. The number of aromatic nitrogens is 5. The molecule has 3 aliphatic rings. The van der Waals surface area contributed by atoms with Gasteiger partial charge in [0.25, 0.3) is 11.8 Å². The minimum Gasteiger partial charge on any atom is -0.477 e. The summed E-state index contributed by atoms with van der Waals surface area (Å²) >= 11 is 3.61. The van der Waals surface area contributed by atoms with Crippen molar-refractivity contribution in [2.45, 2.75) is 42.1 Å². The first-order valence-corrected chi connectivity index (χ1v) is 14.9. The van der Waals surface area contributed by atoms with E-state index >= 15 is 0 Å². The fourth-order valence-corrected chi connectivity index (χ4v) is 7.17. The van der Waals surface area contributed by atoms with Crippen LogP contribution in [0.1, 0.15) is 18.5 Å². The van der Waals surface area contributed by atoms with E-state index in [1.807, 2.05) is 12.2 Å². The van der Waals surface area contributed by atoms with Gasteiger partial charge in [-0.1, -0.05) is 28.9 Å². The van der Waals surface area contributed by atoms with E-state index in [2.05, 4.69) is 42.2 Å². The number of fused-ring (bicyclic) bond motifs is 1. The normalized spacial score (nSPS) is 21.6. The number of hydrogen-bond donors (Lipinski definition) is 3. The summed E-state index contributed by atoms with van der Waals surface area (Å²) in [7, 11) is 0. The van der Waals surface area contributed by atoms with Gasteiger partial charge in [0.05, 0.1) is 0 Å². The molecule has 15 nitrogen and oxygen atoms in total. The maximum absolute atomic E-state index is 13.3. The zero-order valence-electron chi connectivity index (χ0n) is 21.0. The Hall–Kier alpha value is -4.21. The number of carboxylic acids is 1. The van der Waals surface area contributed by atoms with Crippen LogP contribution in [0.25, 0.3) is 0 Å². The van der Waals surface area contributed by atoms with Gasteiger partial charge in [0.15, 0.2) is 10.8 Å². The number of carbonyl (C=O) groups excluding carboxylic acids is 3. The van der Waals surface area contributed by atoms with E-state index in [0.29, 0.717) is 29.3 Å². The molecule has 0 spiro atoms. The van der Waals surface area contributed by atoms with Crippen LogP contribution in [0.4, 0.5) is 5.13 Å². The molecule has 18 heteroatoms. The Kier molecular flexibility index (Phi) is 8.66. The summed E-state index contributed by atoms with van der Waals surface area (Å²) in [4.78, 5) is 60.4. The van der Waals surface area contributed by atoms with Crippen molar-refractivity contribution >= 4 is 69.9 Å². The Labute approximate surface area is 244 Å². The number of aliphatic carboxylic acids is 1. The highest BCUT2D eigenvalue weighted by Crippen LogP contribution is 2.41. The van der Waals surface area contributed by atoms with Gasteiger partial charge >= 0.3 is 5.97 Å². The molecule has 2 aliphatic heterocycles. The second-order valence-corrected chi connectivity index (χ2v) is 11.5. The molecule has 1 fully saturated rings. The summed E-state index contributed by atoms with van der Waals surface area (Å²) in [5.74, 6) is 0.403. The number of carbonyl (C=O) groups is 4. The number of thiazole rings is 1. The van der Waals surface area contributed by atoms with Gasteiger partial charge in [-0.15, -0.1) is 34.6 Å². The molecule has 0 bridgehead atoms. The van der Waals surface area contributed by atoms with E-state index in [4.69, 9.17) is 11.3 Å². The van der Waals surface area contributed by atoms with Gasteiger partial charge in [-0.3, -0.25) is 19.3 Å². The molecule has 212 valence electrons. The van der Waals surface area contributed by atoms with E-state index in [1.54, 1.807) is 0 Å². The molecule has 1 aliphatic carbocycles. The number of nitrogens with zero attached hydrogens (tertiary/aromatic N) is 7. The Morgan fingerprint density at radius 3 is 3.00 bits per heavy atom. The number of allylic oxidation sites excluding steroid dienone is 1. The van der Waals surface area contributed by atoms with Crippen molar-refractivity contribution in [3.63, 3.8) is 0 Å². The van der Waals surface area contributed by atoms with E-state index < -0.39 is 29.2 Å². The summed E-state index contributed by atoms with van der Waals surface area (Å²) in [6.07, 6.45) is 10.8. The number of tetrazole rings is 1. The van der Waals surface area contributed by atoms with Crippen LogP contribution in [0.2, 0.25) is 0 Å². The van der Waals surface area contributed by atoms with Crippen LogP contribution in [0.5, 0.6) is 0 Å². The molecule has 3 atom stereocenters.